The Bertz CT molecular complexity index is 694. The molecule has 0 fully saturated rings. The number of nitrogens with zero attached hydrogens (tertiary/aromatic N) is 2. The highest BCUT2D eigenvalue weighted by Crippen LogP contribution is 2.40. The van der Waals surface area contributed by atoms with Gasteiger partial charge in [-0.15, -0.1) is 0 Å². The van der Waals surface area contributed by atoms with Crippen molar-refractivity contribution in [2.45, 2.75) is 32.6 Å². The quantitative estimate of drug-likeness (QED) is 0.835. The zero-order chi connectivity index (χ0) is 14.3. The van der Waals surface area contributed by atoms with Gasteiger partial charge in [0.1, 0.15) is 0 Å². The monoisotopic (exact) mass is 268 g/mol. The molecule has 1 aliphatic rings. The fourth-order valence-electron chi connectivity index (χ4n) is 2.88. The smallest absolute Gasteiger partial charge is 0.202 e. The predicted octanol–water partition coefficient (Wildman–Crippen LogP) is 2.95. The molecule has 0 bridgehead atoms. The van der Waals surface area contributed by atoms with E-state index in [0.29, 0.717) is 11.3 Å². The summed E-state index contributed by atoms with van der Waals surface area (Å²) in [6, 6.07) is 7.46. The van der Waals surface area contributed by atoms with Crippen LogP contribution < -0.4 is 0 Å². The molecule has 0 radical (unpaired) electrons. The third-order valence-corrected chi connectivity index (χ3v) is 4.03. The van der Waals surface area contributed by atoms with E-state index in [2.05, 4.69) is 6.07 Å². The van der Waals surface area contributed by atoms with Gasteiger partial charge in [0.25, 0.3) is 0 Å². The van der Waals surface area contributed by atoms with Gasteiger partial charge in [-0.25, -0.2) is 0 Å². The summed E-state index contributed by atoms with van der Waals surface area (Å²) in [6.45, 7) is 1.86. The van der Waals surface area contributed by atoms with Crippen LogP contribution in [-0.4, -0.2) is 14.8 Å². The summed E-state index contributed by atoms with van der Waals surface area (Å²) in [7, 11) is 0. The predicted molar refractivity (Wildman–Crippen MR) is 75.2 cm³/mol. The molecular weight excluding hydrogens is 252 g/mol. The Balaban J connectivity index is 2.21. The first-order valence-corrected chi connectivity index (χ1v) is 6.79. The number of rotatable bonds is 1. The van der Waals surface area contributed by atoms with E-state index in [9.17, 15) is 10.2 Å². The van der Waals surface area contributed by atoms with E-state index >= 15 is 0 Å². The molecule has 102 valence electrons. The molecule has 1 aliphatic carbocycles. The van der Waals surface area contributed by atoms with Gasteiger partial charge in [0.15, 0.2) is 0 Å². The number of benzene rings is 1. The Kier molecular flexibility index (Phi) is 2.90. The molecule has 2 N–H and O–H groups in total. The van der Waals surface area contributed by atoms with Crippen molar-refractivity contribution in [2.24, 2.45) is 0 Å². The van der Waals surface area contributed by atoms with Crippen LogP contribution in [0, 0.1) is 18.3 Å². The Morgan fingerprint density at radius 2 is 1.70 bits per heavy atom. The third kappa shape index (κ3) is 1.75. The molecule has 0 spiro atoms. The zero-order valence-corrected chi connectivity index (χ0v) is 11.3. The summed E-state index contributed by atoms with van der Waals surface area (Å²) in [5.74, 6) is 0.204. The van der Waals surface area contributed by atoms with E-state index in [1.165, 1.54) is 4.57 Å². The highest BCUT2D eigenvalue weighted by Gasteiger charge is 2.25. The molecule has 0 aliphatic heterocycles. The van der Waals surface area contributed by atoms with Crippen LogP contribution in [0.2, 0.25) is 0 Å². The van der Waals surface area contributed by atoms with E-state index in [-0.39, 0.29) is 11.8 Å². The highest BCUT2D eigenvalue weighted by molar-refractivity contribution is 5.56. The van der Waals surface area contributed by atoms with Crippen LogP contribution >= 0.6 is 0 Å². The summed E-state index contributed by atoms with van der Waals surface area (Å²) in [5.41, 5.74) is 3.73. The first-order chi connectivity index (χ1) is 9.63. The van der Waals surface area contributed by atoms with Crippen molar-refractivity contribution in [1.29, 1.82) is 5.26 Å². The number of hydrogen-bond donors (Lipinski definition) is 2. The van der Waals surface area contributed by atoms with Crippen molar-refractivity contribution >= 4 is 0 Å². The number of aromatic hydroxyl groups is 2. The lowest BCUT2D eigenvalue weighted by atomic mass is 9.95. The second-order valence-corrected chi connectivity index (χ2v) is 5.26. The molecule has 0 saturated heterocycles. The minimum Gasteiger partial charge on any atom is -0.494 e. The van der Waals surface area contributed by atoms with Crippen molar-refractivity contribution in [3.63, 3.8) is 0 Å². The van der Waals surface area contributed by atoms with Gasteiger partial charge >= 0.3 is 0 Å². The number of hydrogen-bond acceptors (Lipinski definition) is 3. The zero-order valence-electron chi connectivity index (χ0n) is 11.3. The number of aromatic nitrogens is 1. The summed E-state index contributed by atoms with van der Waals surface area (Å²) in [4.78, 5) is 0. The van der Waals surface area contributed by atoms with Crippen LogP contribution in [0.5, 0.6) is 11.8 Å². The average molecular weight is 268 g/mol. The lowest BCUT2D eigenvalue weighted by Crippen LogP contribution is -1.98. The maximum Gasteiger partial charge on any atom is 0.202 e. The van der Waals surface area contributed by atoms with Crippen molar-refractivity contribution in [2.75, 3.05) is 0 Å². The molecule has 0 saturated carbocycles. The topological polar surface area (TPSA) is 69.2 Å². The Morgan fingerprint density at radius 3 is 2.25 bits per heavy atom. The maximum absolute atomic E-state index is 10.4. The third-order valence-electron chi connectivity index (χ3n) is 4.03. The molecule has 1 aromatic carbocycles. The molecule has 1 aromatic heterocycles. The number of fused-ring (bicyclic) bond motifs is 1. The molecule has 4 heteroatoms. The second kappa shape index (κ2) is 4.61. The van der Waals surface area contributed by atoms with Gasteiger partial charge in [-0.1, -0.05) is 6.07 Å². The van der Waals surface area contributed by atoms with Crippen LogP contribution in [0.25, 0.3) is 5.69 Å². The van der Waals surface area contributed by atoms with Crippen molar-refractivity contribution in [1.82, 2.24) is 4.57 Å². The number of aryl methyl sites for hydroxylation is 1. The molecule has 20 heavy (non-hydrogen) atoms. The first kappa shape index (κ1) is 12.6. The molecule has 0 amide bonds. The highest BCUT2D eigenvalue weighted by atomic mass is 16.3. The SMILES string of the molecule is Cc1ccc(-n2c(O)c3c(c2O)CCCC3)cc1C#N. The van der Waals surface area contributed by atoms with Crippen LogP contribution in [-0.2, 0) is 12.8 Å². The minimum absolute atomic E-state index is 0.102. The van der Waals surface area contributed by atoms with E-state index in [0.717, 1.165) is 42.4 Å². The lowest BCUT2D eigenvalue weighted by Gasteiger charge is -2.09. The molecule has 0 atom stereocenters. The van der Waals surface area contributed by atoms with Gasteiger partial charge in [0, 0.05) is 11.1 Å². The molecule has 1 heterocycles. The van der Waals surface area contributed by atoms with Gasteiger partial charge in [0.2, 0.25) is 11.8 Å². The van der Waals surface area contributed by atoms with Crippen molar-refractivity contribution in [3.8, 4) is 23.5 Å². The van der Waals surface area contributed by atoms with Gasteiger partial charge in [-0.2, -0.15) is 5.26 Å². The standard InChI is InChI=1S/C16H16N2O2/c1-10-6-7-12(8-11(10)9-17)18-15(19)13-4-2-3-5-14(13)16(18)20/h6-8,19-20H,2-5H2,1H3. The van der Waals surface area contributed by atoms with Gasteiger partial charge < -0.3 is 10.2 Å². The molecule has 0 unspecified atom stereocenters. The van der Waals surface area contributed by atoms with Crippen LogP contribution in [0.15, 0.2) is 18.2 Å². The van der Waals surface area contributed by atoms with Gasteiger partial charge in [-0.3, -0.25) is 4.57 Å². The van der Waals surface area contributed by atoms with E-state index in [1.807, 2.05) is 13.0 Å². The maximum atomic E-state index is 10.4. The van der Waals surface area contributed by atoms with E-state index in [1.54, 1.807) is 12.1 Å². The normalized spacial score (nSPS) is 13.8. The van der Waals surface area contributed by atoms with Crippen LogP contribution in [0.4, 0.5) is 0 Å². The summed E-state index contributed by atoms with van der Waals surface area (Å²) in [6.07, 6.45) is 3.64. The minimum atomic E-state index is 0.102. The van der Waals surface area contributed by atoms with Gasteiger partial charge in [-0.05, 0) is 50.3 Å². The van der Waals surface area contributed by atoms with E-state index < -0.39 is 0 Å². The number of nitriles is 1. The van der Waals surface area contributed by atoms with Crippen LogP contribution in [0.3, 0.4) is 0 Å². The Labute approximate surface area is 117 Å². The second-order valence-electron chi connectivity index (χ2n) is 5.26. The van der Waals surface area contributed by atoms with E-state index in [4.69, 9.17) is 5.26 Å². The Hall–Kier alpha value is -2.41. The molecule has 2 aromatic rings. The average Bonchev–Trinajstić information content (AvgIpc) is 2.72. The lowest BCUT2D eigenvalue weighted by molar-refractivity contribution is 0.399. The largest absolute Gasteiger partial charge is 0.494 e. The molecule has 4 nitrogen and oxygen atoms in total. The van der Waals surface area contributed by atoms with Crippen molar-refractivity contribution in [3.05, 3.63) is 40.5 Å². The van der Waals surface area contributed by atoms with Crippen LogP contribution in [0.1, 0.15) is 35.1 Å². The molecular formula is C16H16N2O2. The fourth-order valence-corrected chi connectivity index (χ4v) is 2.88. The summed E-state index contributed by atoms with van der Waals surface area (Å²) < 4.78 is 1.44. The fraction of sp³-hybridized carbons (Fsp3) is 0.312. The molecule has 3 rings (SSSR count). The van der Waals surface area contributed by atoms with Gasteiger partial charge in [0.05, 0.1) is 17.3 Å². The first-order valence-electron chi connectivity index (χ1n) is 6.79. The Morgan fingerprint density at radius 1 is 1.10 bits per heavy atom. The van der Waals surface area contributed by atoms with Crippen molar-refractivity contribution < 1.29 is 10.2 Å². The summed E-state index contributed by atoms with van der Waals surface area (Å²) in [5, 5.41) is 29.8. The summed E-state index contributed by atoms with van der Waals surface area (Å²) >= 11 is 0.